The van der Waals surface area contributed by atoms with E-state index in [2.05, 4.69) is 51.3 Å². The van der Waals surface area contributed by atoms with Crippen molar-refractivity contribution < 1.29 is 21.1 Å². The van der Waals surface area contributed by atoms with Crippen LogP contribution in [0.1, 0.15) is 12.8 Å². The Labute approximate surface area is 121 Å². The van der Waals surface area contributed by atoms with Gasteiger partial charge in [0.05, 0.1) is 0 Å². The molecule has 0 fully saturated rings. The zero-order chi connectivity index (χ0) is 12.5. The van der Waals surface area contributed by atoms with Gasteiger partial charge in [0.25, 0.3) is 0 Å². The molecule has 0 radical (unpaired) electrons. The summed E-state index contributed by atoms with van der Waals surface area (Å²) in [4.78, 5) is 0. The van der Waals surface area contributed by atoms with E-state index in [1.54, 1.807) is 0 Å². The van der Waals surface area contributed by atoms with Crippen molar-refractivity contribution in [3.63, 3.8) is 0 Å². The van der Waals surface area contributed by atoms with Gasteiger partial charge in [-0.2, -0.15) is 12.2 Å². The quantitative estimate of drug-likeness (QED) is 0.452. The van der Waals surface area contributed by atoms with Gasteiger partial charge in [0.15, 0.2) is 0 Å². The summed E-state index contributed by atoms with van der Waals surface area (Å²) in [6.45, 7) is 13.0. The van der Waals surface area contributed by atoms with Crippen LogP contribution >= 0.6 is 0 Å². The minimum absolute atomic E-state index is 0. The molecule has 2 aliphatic rings. The molecule has 0 unspecified atom stereocenters. The summed E-state index contributed by atoms with van der Waals surface area (Å²) in [5.74, 6) is 0. The van der Waals surface area contributed by atoms with E-state index in [9.17, 15) is 0 Å². The number of hydrogen-bond acceptors (Lipinski definition) is 0. The first-order chi connectivity index (χ1) is 7.83. The van der Waals surface area contributed by atoms with Gasteiger partial charge in [0.1, 0.15) is 0 Å². The van der Waals surface area contributed by atoms with Crippen molar-refractivity contribution in [1.82, 2.24) is 0 Å². The van der Waals surface area contributed by atoms with Gasteiger partial charge < -0.3 is 0 Å². The van der Waals surface area contributed by atoms with Gasteiger partial charge in [-0.3, -0.25) is 12.2 Å². The van der Waals surface area contributed by atoms with Crippen LogP contribution in [0.5, 0.6) is 0 Å². The maximum absolute atomic E-state index is 3.25. The van der Waals surface area contributed by atoms with Crippen LogP contribution in [0.25, 0.3) is 0 Å². The number of rotatable bonds is 0. The molecule has 0 atom stereocenters. The van der Waals surface area contributed by atoms with Crippen molar-refractivity contribution in [3.8, 4) is 0 Å². The summed E-state index contributed by atoms with van der Waals surface area (Å²) in [6.07, 6.45) is 23.0. The van der Waals surface area contributed by atoms with Crippen molar-refractivity contribution in [2.75, 3.05) is 0 Å². The molecule has 0 aromatic heterocycles. The summed E-state index contributed by atoms with van der Waals surface area (Å²) in [5.41, 5.74) is 0. The monoisotopic (exact) mass is 310 g/mol. The van der Waals surface area contributed by atoms with Crippen LogP contribution in [0.15, 0.2) is 61.8 Å². The Balaban J connectivity index is -0.000000157. The molecule has 1 heteroatoms. The van der Waals surface area contributed by atoms with E-state index in [0.29, 0.717) is 0 Å². The van der Waals surface area contributed by atoms with Gasteiger partial charge in [-0.25, -0.2) is 63.5 Å². The third-order valence-corrected chi connectivity index (χ3v) is 1.17. The Kier molecular flexibility index (Phi) is 30.2. The minimum atomic E-state index is 0. The molecule has 0 nitrogen and oxygen atoms in total. The van der Waals surface area contributed by atoms with Crippen molar-refractivity contribution >= 4 is 0 Å². The second kappa shape index (κ2) is 24.2. The fourth-order valence-electron chi connectivity index (χ4n) is 0.680. The first-order valence-corrected chi connectivity index (χ1v) is 5.07. The third-order valence-electron chi connectivity index (χ3n) is 1.17. The first-order valence-electron chi connectivity index (χ1n) is 5.07. The molecule has 0 heterocycles. The molecule has 90 valence electrons. The molecular weight excluding hydrogens is 288 g/mol. The summed E-state index contributed by atoms with van der Waals surface area (Å²) in [6, 6.07) is 0. The predicted octanol–water partition coefficient (Wildman–Crippen LogP) is 4.62. The second-order valence-electron chi connectivity index (χ2n) is 2.58. The zero-order valence-electron chi connectivity index (χ0n) is 10.3. The minimum Gasteiger partial charge on any atom is -0.273 e. The summed E-state index contributed by atoms with van der Waals surface area (Å²) >= 11 is 0. The summed E-state index contributed by atoms with van der Waals surface area (Å²) < 4.78 is 0. The van der Waals surface area contributed by atoms with Gasteiger partial charge in [0.2, 0.25) is 0 Å². The van der Waals surface area contributed by atoms with Crippen LogP contribution in [0, 0.1) is 26.0 Å². The summed E-state index contributed by atoms with van der Waals surface area (Å²) in [5, 5.41) is 0. The van der Waals surface area contributed by atoms with Gasteiger partial charge in [0, 0.05) is 0 Å². The SMILES string of the molecule is C=C[CH2-].C=C[CH2-].[C-]1=CC=CC1.[C-]1=CC=CC1.[Mo+4]. The molecule has 0 amide bonds. The Bertz CT molecular complexity index is 207. The largest absolute Gasteiger partial charge is 4.00 e. The van der Waals surface area contributed by atoms with E-state index in [1.807, 2.05) is 24.3 Å². The summed E-state index contributed by atoms with van der Waals surface area (Å²) in [7, 11) is 0. The fourth-order valence-corrected chi connectivity index (χ4v) is 0.680. The molecule has 2 aliphatic carbocycles. The van der Waals surface area contributed by atoms with Crippen LogP contribution in [0.4, 0.5) is 0 Å². The Morgan fingerprint density at radius 3 is 1.24 bits per heavy atom. The van der Waals surface area contributed by atoms with E-state index >= 15 is 0 Å². The molecule has 0 spiro atoms. The normalized spacial score (nSPS) is 11.8. The molecule has 0 aromatic rings. The molecule has 17 heavy (non-hydrogen) atoms. The molecule has 0 bridgehead atoms. The number of hydrogen-bond donors (Lipinski definition) is 0. The van der Waals surface area contributed by atoms with E-state index in [-0.39, 0.29) is 21.1 Å². The molecule has 0 aliphatic heterocycles. The molecule has 0 saturated heterocycles. The molecular formula is C16H20Mo. The van der Waals surface area contributed by atoms with Gasteiger partial charge in [-0.05, 0) is 0 Å². The molecule has 0 aromatic carbocycles. The second-order valence-corrected chi connectivity index (χ2v) is 2.58. The van der Waals surface area contributed by atoms with Crippen LogP contribution in [0.3, 0.4) is 0 Å². The van der Waals surface area contributed by atoms with Crippen molar-refractivity contribution in [2.24, 2.45) is 0 Å². The Morgan fingerprint density at radius 1 is 0.882 bits per heavy atom. The van der Waals surface area contributed by atoms with E-state index in [1.165, 1.54) is 12.2 Å². The number of allylic oxidation sites excluding steroid dienone is 10. The Morgan fingerprint density at radius 2 is 1.18 bits per heavy atom. The average molecular weight is 308 g/mol. The van der Waals surface area contributed by atoms with Crippen molar-refractivity contribution in [3.05, 3.63) is 87.8 Å². The predicted molar refractivity (Wildman–Crippen MR) is 74.2 cm³/mol. The van der Waals surface area contributed by atoms with E-state index in [4.69, 9.17) is 0 Å². The topological polar surface area (TPSA) is 0 Å². The van der Waals surface area contributed by atoms with Crippen LogP contribution in [-0.2, 0) is 21.1 Å². The maximum atomic E-state index is 3.25. The third kappa shape index (κ3) is 31.3. The molecule has 0 saturated carbocycles. The van der Waals surface area contributed by atoms with Crippen molar-refractivity contribution in [2.45, 2.75) is 12.8 Å². The van der Waals surface area contributed by atoms with Gasteiger partial charge in [-0.1, -0.05) is 0 Å². The Hall–Kier alpha value is -1.13. The average Bonchev–Trinajstić information content (AvgIpc) is 3.00. The maximum Gasteiger partial charge on any atom is 4.00 e. The fraction of sp³-hybridized carbons (Fsp3) is 0.125. The van der Waals surface area contributed by atoms with E-state index < -0.39 is 0 Å². The van der Waals surface area contributed by atoms with Crippen LogP contribution in [-0.4, -0.2) is 0 Å². The first kappa shape index (κ1) is 21.2. The molecule has 0 N–H and O–H groups in total. The van der Waals surface area contributed by atoms with Crippen LogP contribution < -0.4 is 0 Å². The smallest absolute Gasteiger partial charge is 0.273 e. The van der Waals surface area contributed by atoms with Gasteiger partial charge >= 0.3 is 21.1 Å². The van der Waals surface area contributed by atoms with E-state index in [0.717, 1.165) is 12.8 Å². The standard InChI is InChI=1S/2C5H5.2C3H5.Mo/c2*1-2-4-5-3-1;2*1-3-2;/h2*1-3H,4H2;2*3H,1-2H2;/q4*-1;+4. The van der Waals surface area contributed by atoms with Crippen molar-refractivity contribution in [1.29, 1.82) is 0 Å². The van der Waals surface area contributed by atoms with Crippen LogP contribution in [0.2, 0.25) is 0 Å². The zero-order valence-corrected chi connectivity index (χ0v) is 12.3. The molecule has 2 rings (SSSR count). The van der Waals surface area contributed by atoms with Gasteiger partial charge in [-0.15, -0.1) is 12.8 Å².